The van der Waals surface area contributed by atoms with Crippen molar-refractivity contribution in [2.24, 2.45) is 11.8 Å². The number of ether oxygens (including phenoxy) is 2. The normalized spacial score (nSPS) is 18.0. The number of aromatic hydroxyl groups is 1. The quantitative estimate of drug-likeness (QED) is 0.722. The summed E-state index contributed by atoms with van der Waals surface area (Å²) in [6, 6.07) is 0.587. The fourth-order valence-corrected chi connectivity index (χ4v) is 3.35. The third-order valence-corrected chi connectivity index (χ3v) is 5.21. The molecular formula is C19H28N2O5. The zero-order chi connectivity index (χ0) is 19.3. The maximum atomic E-state index is 12.3. The van der Waals surface area contributed by atoms with Gasteiger partial charge in [0.1, 0.15) is 12.1 Å². The predicted octanol–water partition coefficient (Wildman–Crippen LogP) is 2.67. The fraction of sp³-hybridized carbons (Fsp3) is 0.632. The number of carbonyl (C=O) groups is 2. The van der Waals surface area contributed by atoms with Crippen LogP contribution in [0.2, 0.25) is 0 Å². The number of methoxy groups -OCH3 is 1. The molecular weight excluding hydrogens is 336 g/mol. The molecule has 1 aromatic heterocycles. The second-order valence-corrected chi connectivity index (χ2v) is 6.95. The van der Waals surface area contributed by atoms with E-state index in [1.54, 1.807) is 6.92 Å². The smallest absolute Gasteiger partial charge is 0.328 e. The van der Waals surface area contributed by atoms with Crippen molar-refractivity contribution in [3.05, 3.63) is 18.0 Å². The largest absolute Gasteiger partial charge is 0.503 e. The van der Waals surface area contributed by atoms with Crippen molar-refractivity contribution in [1.82, 2.24) is 10.3 Å². The lowest BCUT2D eigenvalue weighted by Crippen LogP contribution is -2.42. The molecule has 0 bridgehead atoms. The van der Waals surface area contributed by atoms with Crippen LogP contribution in [-0.2, 0) is 9.53 Å². The molecule has 0 unspecified atom stereocenters. The topological polar surface area (TPSA) is 97.8 Å². The average Bonchev–Trinajstić information content (AvgIpc) is 3.15. The molecule has 1 aliphatic rings. The van der Waals surface area contributed by atoms with Gasteiger partial charge in [-0.15, -0.1) is 0 Å². The van der Waals surface area contributed by atoms with Gasteiger partial charge < -0.3 is 19.9 Å². The van der Waals surface area contributed by atoms with Crippen LogP contribution in [0.5, 0.6) is 11.5 Å². The zero-order valence-electron chi connectivity index (χ0n) is 15.8. The van der Waals surface area contributed by atoms with Crippen molar-refractivity contribution in [2.45, 2.75) is 58.6 Å². The number of rotatable bonds is 7. The van der Waals surface area contributed by atoms with Crippen LogP contribution < -0.4 is 10.1 Å². The van der Waals surface area contributed by atoms with E-state index in [0.29, 0.717) is 5.92 Å². The summed E-state index contributed by atoms with van der Waals surface area (Å²) in [4.78, 5) is 28.4. The van der Waals surface area contributed by atoms with Gasteiger partial charge >= 0.3 is 5.97 Å². The van der Waals surface area contributed by atoms with Gasteiger partial charge in [-0.1, -0.05) is 32.6 Å². The van der Waals surface area contributed by atoms with E-state index in [4.69, 9.17) is 9.47 Å². The van der Waals surface area contributed by atoms with Crippen LogP contribution in [0.25, 0.3) is 0 Å². The Hall–Kier alpha value is -2.31. The minimum absolute atomic E-state index is 0.138. The Morgan fingerprint density at radius 1 is 1.27 bits per heavy atom. The maximum Gasteiger partial charge on any atom is 0.328 e. The van der Waals surface area contributed by atoms with Gasteiger partial charge in [0.25, 0.3) is 5.91 Å². The second-order valence-electron chi connectivity index (χ2n) is 6.95. The first kappa shape index (κ1) is 20.0. The van der Waals surface area contributed by atoms with Crippen LogP contribution in [0.15, 0.2) is 12.3 Å². The van der Waals surface area contributed by atoms with Crippen LogP contribution in [0.3, 0.4) is 0 Å². The number of nitrogens with zero attached hydrogens (tertiary/aromatic N) is 1. The van der Waals surface area contributed by atoms with Gasteiger partial charge in [-0.3, -0.25) is 4.79 Å². The Labute approximate surface area is 154 Å². The summed E-state index contributed by atoms with van der Waals surface area (Å²) < 4.78 is 10.5. The number of pyridine rings is 1. The minimum Gasteiger partial charge on any atom is -0.503 e. The predicted molar refractivity (Wildman–Crippen MR) is 96.1 cm³/mol. The minimum atomic E-state index is -0.854. The van der Waals surface area contributed by atoms with Gasteiger partial charge in [-0.2, -0.15) is 0 Å². The highest BCUT2D eigenvalue weighted by molar-refractivity contribution is 5.97. The first-order chi connectivity index (χ1) is 12.3. The van der Waals surface area contributed by atoms with Gasteiger partial charge in [0.15, 0.2) is 17.2 Å². The van der Waals surface area contributed by atoms with Crippen LogP contribution in [0.4, 0.5) is 0 Å². The third kappa shape index (κ3) is 4.65. The SMILES string of the molecule is COc1ccnc(C(=O)N[C@@H](C)C(=O)O[C@H](C)[C@H](C)C2CCCC2)c1O. The fourth-order valence-electron chi connectivity index (χ4n) is 3.35. The molecule has 144 valence electrons. The molecule has 1 saturated carbocycles. The first-order valence-corrected chi connectivity index (χ1v) is 9.08. The molecule has 2 rings (SSSR count). The van der Waals surface area contributed by atoms with Gasteiger partial charge in [0.05, 0.1) is 7.11 Å². The summed E-state index contributed by atoms with van der Waals surface area (Å²) in [7, 11) is 1.38. The van der Waals surface area contributed by atoms with E-state index in [-0.39, 0.29) is 29.2 Å². The van der Waals surface area contributed by atoms with Gasteiger partial charge in [-0.05, 0) is 25.7 Å². The molecule has 0 radical (unpaired) electrons. The number of carbonyl (C=O) groups excluding carboxylic acids is 2. The molecule has 1 fully saturated rings. The van der Waals surface area contributed by atoms with Crippen molar-refractivity contribution in [3.8, 4) is 11.5 Å². The lowest BCUT2D eigenvalue weighted by Gasteiger charge is -2.26. The Morgan fingerprint density at radius 3 is 2.54 bits per heavy atom. The number of nitrogens with one attached hydrogen (secondary N) is 1. The number of aromatic nitrogens is 1. The van der Waals surface area contributed by atoms with Crippen LogP contribution in [-0.4, -0.2) is 41.2 Å². The molecule has 0 saturated heterocycles. The maximum absolute atomic E-state index is 12.3. The first-order valence-electron chi connectivity index (χ1n) is 9.08. The van der Waals surface area contributed by atoms with Crippen LogP contribution >= 0.6 is 0 Å². The summed E-state index contributed by atoms with van der Waals surface area (Å²) in [5, 5.41) is 12.5. The molecule has 7 heteroatoms. The van der Waals surface area contributed by atoms with Gasteiger partial charge in [0, 0.05) is 12.3 Å². The van der Waals surface area contributed by atoms with Crippen molar-refractivity contribution in [2.75, 3.05) is 7.11 Å². The van der Waals surface area contributed by atoms with Crippen molar-refractivity contribution < 1.29 is 24.2 Å². The molecule has 1 amide bonds. The molecule has 7 nitrogen and oxygen atoms in total. The number of esters is 1. The van der Waals surface area contributed by atoms with Crippen molar-refractivity contribution in [1.29, 1.82) is 0 Å². The highest BCUT2D eigenvalue weighted by atomic mass is 16.5. The Balaban J connectivity index is 1.93. The van der Waals surface area contributed by atoms with Crippen molar-refractivity contribution >= 4 is 11.9 Å². The van der Waals surface area contributed by atoms with E-state index in [1.807, 2.05) is 6.92 Å². The zero-order valence-corrected chi connectivity index (χ0v) is 15.8. The van der Waals surface area contributed by atoms with Crippen molar-refractivity contribution in [3.63, 3.8) is 0 Å². The van der Waals surface area contributed by atoms with E-state index in [1.165, 1.54) is 45.1 Å². The molecule has 1 heterocycles. The Bertz CT molecular complexity index is 643. The molecule has 2 N–H and O–H groups in total. The second kappa shape index (κ2) is 8.87. The lowest BCUT2D eigenvalue weighted by atomic mass is 9.88. The molecule has 0 aromatic carbocycles. The van der Waals surface area contributed by atoms with Crippen LogP contribution in [0.1, 0.15) is 56.9 Å². The average molecular weight is 364 g/mol. The summed E-state index contributed by atoms with van der Waals surface area (Å²) >= 11 is 0. The highest BCUT2D eigenvalue weighted by Gasteiger charge is 2.29. The molecule has 0 spiro atoms. The molecule has 0 aliphatic heterocycles. The third-order valence-electron chi connectivity index (χ3n) is 5.21. The standard InChI is InChI=1S/C19H28N2O5/c1-11(14-7-5-6-8-14)13(3)26-19(24)12(2)21-18(23)16-17(22)15(25-4)9-10-20-16/h9-14,22H,5-8H2,1-4H3,(H,21,23)/t11-,12-,13+/m0/s1. The highest BCUT2D eigenvalue weighted by Crippen LogP contribution is 2.33. The molecule has 1 aromatic rings. The summed E-state index contributed by atoms with van der Waals surface area (Å²) in [6.45, 7) is 5.55. The van der Waals surface area contributed by atoms with Gasteiger partial charge in [0.2, 0.25) is 0 Å². The van der Waals surface area contributed by atoms with E-state index in [0.717, 1.165) is 0 Å². The van der Waals surface area contributed by atoms with E-state index < -0.39 is 17.9 Å². The van der Waals surface area contributed by atoms with E-state index in [9.17, 15) is 14.7 Å². The summed E-state index contributed by atoms with van der Waals surface area (Å²) in [5.41, 5.74) is -0.198. The molecule has 26 heavy (non-hydrogen) atoms. The monoisotopic (exact) mass is 364 g/mol. The van der Waals surface area contributed by atoms with Crippen LogP contribution in [0, 0.1) is 11.8 Å². The summed E-state index contributed by atoms with van der Waals surface area (Å²) in [5.74, 6) is -0.523. The molecule has 1 aliphatic carbocycles. The number of hydrogen-bond acceptors (Lipinski definition) is 6. The number of hydrogen-bond donors (Lipinski definition) is 2. The lowest BCUT2D eigenvalue weighted by molar-refractivity contribution is -0.153. The Kier molecular flexibility index (Phi) is 6.83. The Morgan fingerprint density at radius 2 is 1.92 bits per heavy atom. The number of amides is 1. The van der Waals surface area contributed by atoms with E-state index >= 15 is 0 Å². The molecule has 3 atom stereocenters. The summed E-state index contributed by atoms with van der Waals surface area (Å²) in [6.07, 6.45) is 5.96. The van der Waals surface area contributed by atoms with Gasteiger partial charge in [-0.25, -0.2) is 9.78 Å². The van der Waals surface area contributed by atoms with E-state index in [2.05, 4.69) is 17.2 Å².